The van der Waals surface area contributed by atoms with Gasteiger partial charge in [0.05, 0.1) is 14.2 Å². The van der Waals surface area contributed by atoms with Crippen molar-refractivity contribution in [1.29, 1.82) is 0 Å². The Hall–Kier alpha value is -2.56. The molecule has 1 aromatic heterocycles. The number of hydrogen-bond donors (Lipinski definition) is 1. The molecule has 0 fully saturated rings. The number of rotatable bonds is 3. The lowest BCUT2D eigenvalue weighted by Crippen LogP contribution is -2.04. The van der Waals surface area contributed by atoms with Crippen molar-refractivity contribution < 1.29 is 14.3 Å². The first-order valence-corrected chi connectivity index (χ1v) is 5.64. The maximum Gasteiger partial charge on any atom is 0.341 e. The van der Waals surface area contributed by atoms with Crippen molar-refractivity contribution in [3.8, 4) is 16.9 Å². The van der Waals surface area contributed by atoms with Crippen molar-refractivity contribution in [1.82, 2.24) is 4.98 Å². The molecule has 1 heterocycles. The van der Waals surface area contributed by atoms with Crippen molar-refractivity contribution in [3.05, 3.63) is 42.1 Å². The summed E-state index contributed by atoms with van der Waals surface area (Å²) in [5.74, 6) is 0.478. The Labute approximate surface area is 111 Å². The van der Waals surface area contributed by atoms with Gasteiger partial charge >= 0.3 is 5.97 Å². The molecule has 0 aliphatic heterocycles. The minimum Gasteiger partial charge on any atom is -0.496 e. The van der Waals surface area contributed by atoms with Gasteiger partial charge in [0.2, 0.25) is 0 Å². The highest BCUT2D eigenvalue weighted by Crippen LogP contribution is 2.27. The molecule has 2 rings (SSSR count). The first-order valence-electron chi connectivity index (χ1n) is 5.64. The van der Waals surface area contributed by atoms with Gasteiger partial charge < -0.3 is 15.2 Å². The summed E-state index contributed by atoms with van der Waals surface area (Å²) >= 11 is 0. The van der Waals surface area contributed by atoms with Gasteiger partial charge in [-0.3, -0.25) is 0 Å². The van der Waals surface area contributed by atoms with E-state index in [1.165, 1.54) is 14.2 Å². The monoisotopic (exact) mass is 258 g/mol. The second-order valence-corrected chi connectivity index (χ2v) is 3.88. The maximum atomic E-state index is 11.7. The number of esters is 1. The van der Waals surface area contributed by atoms with E-state index in [-0.39, 0.29) is 0 Å². The standard InChI is InChI=1S/C14H14N2O3/c1-18-12-5-3-9(7-11(12)14(17)19-2)10-4-6-13(15)16-8-10/h3-8H,1-2H3,(H2,15,16). The van der Waals surface area contributed by atoms with Gasteiger partial charge in [-0.15, -0.1) is 0 Å². The van der Waals surface area contributed by atoms with Crippen molar-refractivity contribution in [2.75, 3.05) is 20.0 Å². The first-order chi connectivity index (χ1) is 9.15. The molecule has 2 N–H and O–H groups in total. The van der Waals surface area contributed by atoms with Gasteiger partial charge in [-0.1, -0.05) is 6.07 Å². The van der Waals surface area contributed by atoms with Crippen LogP contribution < -0.4 is 10.5 Å². The Kier molecular flexibility index (Phi) is 3.66. The van der Waals surface area contributed by atoms with Crippen LogP contribution in [0.5, 0.6) is 5.75 Å². The molecule has 0 aliphatic rings. The number of pyridine rings is 1. The summed E-state index contributed by atoms with van der Waals surface area (Å²) < 4.78 is 9.88. The highest BCUT2D eigenvalue weighted by molar-refractivity contribution is 5.94. The molecule has 0 atom stereocenters. The summed E-state index contributed by atoms with van der Waals surface area (Å²) in [5.41, 5.74) is 7.62. The number of ether oxygens (including phenoxy) is 2. The summed E-state index contributed by atoms with van der Waals surface area (Å²) in [6, 6.07) is 8.82. The molecule has 0 spiro atoms. The Balaban J connectivity index is 2.48. The fourth-order valence-corrected chi connectivity index (χ4v) is 1.73. The van der Waals surface area contributed by atoms with Crippen LogP contribution in [0.25, 0.3) is 11.1 Å². The molecule has 5 nitrogen and oxygen atoms in total. The van der Waals surface area contributed by atoms with E-state index in [9.17, 15) is 4.79 Å². The predicted molar refractivity (Wildman–Crippen MR) is 72.0 cm³/mol. The lowest BCUT2D eigenvalue weighted by molar-refractivity contribution is 0.0597. The number of nitrogens with zero attached hydrogens (tertiary/aromatic N) is 1. The summed E-state index contributed by atoms with van der Waals surface area (Å²) in [6.45, 7) is 0. The van der Waals surface area contributed by atoms with Gasteiger partial charge in [0.25, 0.3) is 0 Å². The Bertz CT molecular complexity index is 594. The molecule has 0 bridgehead atoms. The van der Waals surface area contributed by atoms with Crippen molar-refractivity contribution >= 4 is 11.8 Å². The lowest BCUT2D eigenvalue weighted by Gasteiger charge is -2.09. The van der Waals surface area contributed by atoms with Gasteiger partial charge in [-0.2, -0.15) is 0 Å². The number of nitrogen functional groups attached to an aromatic ring is 1. The Morgan fingerprint density at radius 1 is 1.16 bits per heavy atom. The van der Waals surface area contributed by atoms with Crippen molar-refractivity contribution in [2.45, 2.75) is 0 Å². The highest BCUT2D eigenvalue weighted by Gasteiger charge is 2.14. The van der Waals surface area contributed by atoms with Crippen LogP contribution in [0, 0.1) is 0 Å². The number of carbonyl (C=O) groups excluding carboxylic acids is 1. The molecular formula is C14H14N2O3. The number of carbonyl (C=O) groups is 1. The van der Waals surface area contributed by atoms with E-state index >= 15 is 0 Å². The van der Waals surface area contributed by atoms with Crippen LogP contribution in [-0.2, 0) is 4.74 Å². The number of benzene rings is 1. The van der Waals surface area contributed by atoms with Gasteiger partial charge in [-0.05, 0) is 29.8 Å². The third kappa shape index (κ3) is 2.65. The number of methoxy groups -OCH3 is 2. The molecule has 0 amide bonds. The van der Waals surface area contributed by atoms with Crippen molar-refractivity contribution in [2.24, 2.45) is 0 Å². The average molecular weight is 258 g/mol. The van der Waals surface area contributed by atoms with Gasteiger partial charge in [0.1, 0.15) is 17.1 Å². The average Bonchev–Trinajstić information content (AvgIpc) is 2.46. The summed E-state index contributed by atoms with van der Waals surface area (Å²) in [6.07, 6.45) is 1.65. The number of aromatic nitrogens is 1. The van der Waals surface area contributed by atoms with Crippen LogP contribution in [0.3, 0.4) is 0 Å². The van der Waals surface area contributed by atoms with E-state index in [1.807, 2.05) is 12.1 Å². The van der Waals surface area contributed by atoms with E-state index < -0.39 is 5.97 Å². The summed E-state index contributed by atoms with van der Waals surface area (Å²) in [7, 11) is 2.84. The molecule has 0 radical (unpaired) electrons. The Morgan fingerprint density at radius 2 is 1.89 bits per heavy atom. The molecule has 1 aromatic carbocycles. The van der Waals surface area contributed by atoms with Crippen LogP contribution in [0.2, 0.25) is 0 Å². The smallest absolute Gasteiger partial charge is 0.341 e. The van der Waals surface area contributed by atoms with E-state index in [0.717, 1.165) is 11.1 Å². The molecular weight excluding hydrogens is 244 g/mol. The Morgan fingerprint density at radius 3 is 2.47 bits per heavy atom. The zero-order valence-corrected chi connectivity index (χ0v) is 10.7. The molecule has 98 valence electrons. The van der Waals surface area contributed by atoms with Crippen LogP contribution >= 0.6 is 0 Å². The fourth-order valence-electron chi connectivity index (χ4n) is 1.73. The number of nitrogens with two attached hydrogens (primary N) is 1. The van der Waals surface area contributed by atoms with Gasteiger partial charge in [0.15, 0.2) is 0 Å². The van der Waals surface area contributed by atoms with Crippen LogP contribution in [0.15, 0.2) is 36.5 Å². The minimum atomic E-state index is -0.442. The van der Waals surface area contributed by atoms with Gasteiger partial charge in [0, 0.05) is 11.8 Å². The van der Waals surface area contributed by atoms with Crippen molar-refractivity contribution in [3.63, 3.8) is 0 Å². The molecule has 0 aliphatic carbocycles. The predicted octanol–water partition coefficient (Wildman–Crippen LogP) is 2.13. The van der Waals surface area contributed by atoms with E-state index in [4.69, 9.17) is 15.2 Å². The molecule has 19 heavy (non-hydrogen) atoms. The van der Waals surface area contributed by atoms with Crippen LogP contribution in [0.4, 0.5) is 5.82 Å². The zero-order valence-electron chi connectivity index (χ0n) is 10.7. The highest BCUT2D eigenvalue weighted by atomic mass is 16.5. The molecule has 0 saturated heterocycles. The van der Waals surface area contributed by atoms with E-state index in [0.29, 0.717) is 17.1 Å². The van der Waals surface area contributed by atoms with E-state index in [2.05, 4.69) is 4.98 Å². The lowest BCUT2D eigenvalue weighted by atomic mass is 10.0. The molecule has 0 saturated carbocycles. The molecule has 0 unspecified atom stereocenters. The second kappa shape index (κ2) is 5.39. The quantitative estimate of drug-likeness (QED) is 0.853. The largest absolute Gasteiger partial charge is 0.496 e. The fraction of sp³-hybridized carbons (Fsp3) is 0.143. The number of hydrogen-bond acceptors (Lipinski definition) is 5. The topological polar surface area (TPSA) is 74.4 Å². The van der Waals surface area contributed by atoms with Gasteiger partial charge in [-0.25, -0.2) is 9.78 Å². The third-order valence-corrected chi connectivity index (χ3v) is 2.72. The zero-order chi connectivity index (χ0) is 13.8. The van der Waals surface area contributed by atoms with Crippen LogP contribution in [-0.4, -0.2) is 25.2 Å². The van der Waals surface area contributed by atoms with E-state index in [1.54, 1.807) is 24.4 Å². The molecule has 5 heteroatoms. The summed E-state index contributed by atoms with van der Waals surface area (Å²) in [5, 5.41) is 0. The second-order valence-electron chi connectivity index (χ2n) is 3.88. The normalized spacial score (nSPS) is 10.0. The summed E-state index contributed by atoms with van der Waals surface area (Å²) in [4.78, 5) is 15.7. The first kappa shape index (κ1) is 12.9. The molecule has 2 aromatic rings. The third-order valence-electron chi connectivity index (χ3n) is 2.72. The van der Waals surface area contributed by atoms with Crippen LogP contribution in [0.1, 0.15) is 10.4 Å². The number of anilines is 1. The minimum absolute atomic E-state index is 0.374. The maximum absolute atomic E-state index is 11.7. The SMILES string of the molecule is COC(=O)c1cc(-c2ccc(N)nc2)ccc1OC.